The van der Waals surface area contributed by atoms with E-state index < -0.39 is 15.3 Å². The number of rotatable bonds is 8. The van der Waals surface area contributed by atoms with Gasteiger partial charge in [0, 0.05) is 49.9 Å². The minimum absolute atomic E-state index is 0.0256. The molecule has 8 heteroatoms. The predicted molar refractivity (Wildman–Crippen MR) is 130 cm³/mol. The van der Waals surface area contributed by atoms with Crippen LogP contribution < -0.4 is 5.32 Å². The second kappa shape index (κ2) is 10.8. The predicted octanol–water partition coefficient (Wildman–Crippen LogP) is 3.51. The molecule has 4 rings (SSSR count). The molecule has 0 aromatic heterocycles. The van der Waals surface area contributed by atoms with Gasteiger partial charge >= 0.3 is 0 Å². The van der Waals surface area contributed by atoms with Crippen molar-refractivity contribution in [1.82, 2.24) is 9.62 Å². The van der Waals surface area contributed by atoms with Gasteiger partial charge in [-0.05, 0) is 49.8 Å². The number of nitrogens with one attached hydrogen (secondary N) is 1. The van der Waals surface area contributed by atoms with Crippen LogP contribution in [0.5, 0.6) is 0 Å². The van der Waals surface area contributed by atoms with E-state index in [9.17, 15) is 8.42 Å². The number of aliphatic hydroxyl groups is 1. The SMILES string of the molecule is C[C@H]1CC[C@H](c2ccccc2)S(=O)(=O)N1Cc1ccc(C2(CNCCO)CCOCC2)cc1F. The van der Waals surface area contributed by atoms with Gasteiger partial charge in [-0.15, -0.1) is 0 Å². The molecule has 2 aromatic rings. The van der Waals surface area contributed by atoms with E-state index in [4.69, 9.17) is 9.84 Å². The van der Waals surface area contributed by atoms with E-state index in [1.54, 1.807) is 12.1 Å². The standard InChI is InChI=1S/C26H35FN2O4S/c1-20-7-10-25(21-5-3-2-4-6-21)34(31,32)29(20)18-22-8-9-23(17-24(22)27)26(19-28-13-14-30)11-15-33-16-12-26/h2-6,8-9,17,20,25,28,30H,7,10-16,18-19H2,1H3/t20-,25+/m0/s1. The summed E-state index contributed by atoms with van der Waals surface area (Å²) in [4.78, 5) is 0. The number of aliphatic hydroxyl groups excluding tert-OH is 1. The maximum atomic E-state index is 15.4. The van der Waals surface area contributed by atoms with Crippen LogP contribution in [0.15, 0.2) is 48.5 Å². The Labute approximate surface area is 202 Å². The van der Waals surface area contributed by atoms with Crippen LogP contribution in [0.3, 0.4) is 0 Å². The van der Waals surface area contributed by atoms with Crippen molar-refractivity contribution >= 4 is 10.0 Å². The van der Waals surface area contributed by atoms with Crippen molar-refractivity contribution in [3.8, 4) is 0 Å². The molecule has 0 unspecified atom stereocenters. The third-order valence-corrected chi connectivity index (χ3v) is 9.76. The highest BCUT2D eigenvalue weighted by atomic mass is 32.2. The zero-order chi connectivity index (χ0) is 24.2. The Morgan fingerprint density at radius 3 is 2.56 bits per heavy atom. The molecule has 6 nitrogen and oxygen atoms in total. The topological polar surface area (TPSA) is 78.9 Å². The molecule has 186 valence electrons. The Hall–Kier alpha value is -1.84. The highest BCUT2D eigenvalue weighted by molar-refractivity contribution is 7.89. The molecule has 0 bridgehead atoms. The molecular weight excluding hydrogens is 455 g/mol. The Morgan fingerprint density at radius 1 is 1.15 bits per heavy atom. The number of hydrogen-bond donors (Lipinski definition) is 2. The van der Waals surface area contributed by atoms with Crippen LogP contribution in [0.1, 0.15) is 54.5 Å². The summed E-state index contributed by atoms with van der Waals surface area (Å²) in [6.07, 6.45) is 2.83. The molecule has 0 saturated carbocycles. The molecule has 0 radical (unpaired) electrons. The third kappa shape index (κ3) is 5.21. The van der Waals surface area contributed by atoms with Crippen molar-refractivity contribution < 1.29 is 22.7 Å². The maximum Gasteiger partial charge on any atom is 0.221 e. The number of halogens is 1. The van der Waals surface area contributed by atoms with E-state index in [0.717, 1.165) is 30.4 Å². The van der Waals surface area contributed by atoms with Gasteiger partial charge in [0.1, 0.15) is 11.1 Å². The molecule has 2 aliphatic rings. The van der Waals surface area contributed by atoms with E-state index in [1.165, 1.54) is 4.31 Å². The van der Waals surface area contributed by atoms with E-state index >= 15 is 4.39 Å². The van der Waals surface area contributed by atoms with Gasteiger partial charge in [0.05, 0.1) is 6.61 Å². The van der Waals surface area contributed by atoms with E-state index in [2.05, 4.69) is 5.32 Å². The van der Waals surface area contributed by atoms with Crippen molar-refractivity contribution in [2.24, 2.45) is 0 Å². The van der Waals surface area contributed by atoms with Gasteiger partial charge in [-0.25, -0.2) is 12.8 Å². The summed E-state index contributed by atoms with van der Waals surface area (Å²) in [6, 6.07) is 14.3. The molecule has 34 heavy (non-hydrogen) atoms. The highest BCUT2D eigenvalue weighted by Gasteiger charge is 2.41. The van der Waals surface area contributed by atoms with Crippen molar-refractivity contribution in [3.63, 3.8) is 0 Å². The van der Waals surface area contributed by atoms with Crippen LogP contribution in [0.2, 0.25) is 0 Å². The molecule has 2 atom stereocenters. The van der Waals surface area contributed by atoms with Crippen LogP contribution in [0.25, 0.3) is 0 Å². The first kappa shape index (κ1) is 25.3. The second-order valence-electron chi connectivity index (χ2n) is 9.52. The largest absolute Gasteiger partial charge is 0.395 e. The summed E-state index contributed by atoms with van der Waals surface area (Å²) >= 11 is 0. The summed E-state index contributed by atoms with van der Waals surface area (Å²) < 4.78 is 49.4. The second-order valence-corrected chi connectivity index (χ2v) is 11.6. The van der Waals surface area contributed by atoms with Gasteiger partial charge in [0.15, 0.2) is 0 Å². The van der Waals surface area contributed by atoms with Gasteiger partial charge in [0.25, 0.3) is 0 Å². The summed E-state index contributed by atoms with van der Waals surface area (Å²) in [5.41, 5.74) is 1.79. The van der Waals surface area contributed by atoms with Gasteiger partial charge in [-0.3, -0.25) is 0 Å². The minimum Gasteiger partial charge on any atom is -0.395 e. The first-order chi connectivity index (χ1) is 16.4. The Bertz CT molecular complexity index is 1060. The molecule has 0 spiro atoms. The quantitative estimate of drug-likeness (QED) is 0.554. The fraction of sp³-hybridized carbons (Fsp3) is 0.538. The Kier molecular flexibility index (Phi) is 8.05. The van der Waals surface area contributed by atoms with E-state index in [1.807, 2.05) is 43.3 Å². The van der Waals surface area contributed by atoms with Gasteiger partial charge in [0.2, 0.25) is 10.0 Å². The molecule has 2 aliphatic heterocycles. The van der Waals surface area contributed by atoms with Crippen LogP contribution in [0, 0.1) is 5.82 Å². The van der Waals surface area contributed by atoms with Crippen LogP contribution >= 0.6 is 0 Å². The number of nitrogens with zero attached hydrogens (tertiary/aromatic N) is 1. The number of sulfonamides is 1. The molecule has 2 aromatic carbocycles. The van der Waals surface area contributed by atoms with Crippen LogP contribution in [0.4, 0.5) is 4.39 Å². The van der Waals surface area contributed by atoms with Crippen molar-refractivity contribution in [1.29, 1.82) is 0 Å². The summed E-state index contributed by atoms with van der Waals surface area (Å²) in [5.74, 6) is -0.380. The molecule has 2 N–H and O–H groups in total. The zero-order valence-electron chi connectivity index (χ0n) is 19.7. The first-order valence-corrected chi connectivity index (χ1v) is 13.6. The smallest absolute Gasteiger partial charge is 0.221 e. The Morgan fingerprint density at radius 2 is 1.88 bits per heavy atom. The highest BCUT2D eigenvalue weighted by Crippen LogP contribution is 2.39. The minimum atomic E-state index is -3.62. The monoisotopic (exact) mass is 490 g/mol. The lowest BCUT2D eigenvalue weighted by molar-refractivity contribution is 0.0494. The normalized spacial score (nSPS) is 24.7. The van der Waals surface area contributed by atoms with Crippen molar-refractivity contribution in [2.45, 2.75) is 55.9 Å². The molecular formula is C26H35FN2O4S. The first-order valence-electron chi connectivity index (χ1n) is 12.1. The lowest BCUT2D eigenvalue weighted by atomic mass is 9.74. The van der Waals surface area contributed by atoms with Gasteiger partial charge in [-0.2, -0.15) is 4.31 Å². The number of hydrogen-bond acceptors (Lipinski definition) is 5. The van der Waals surface area contributed by atoms with Crippen LogP contribution in [-0.2, 0) is 26.7 Å². The molecule has 2 fully saturated rings. The van der Waals surface area contributed by atoms with Crippen molar-refractivity contribution in [2.75, 3.05) is 32.9 Å². The molecule has 2 saturated heterocycles. The Balaban J connectivity index is 1.58. The summed E-state index contributed by atoms with van der Waals surface area (Å²) in [5, 5.41) is 11.8. The van der Waals surface area contributed by atoms with E-state index in [0.29, 0.717) is 38.3 Å². The molecule has 0 amide bonds. The molecule has 2 heterocycles. The third-order valence-electron chi connectivity index (χ3n) is 7.39. The van der Waals surface area contributed by atoms with Gasteiger partial charge < -0.3 is 15.2 Å². The number of benzene rings is 2. The fourth-order valence-electron chi connectivity index (χ4n) is 5.26. The average molecular weight is 491 g/mol. The summed E-state index contributed by atoms with van der Waals surface area (Å²) in [6.45, 7) is 4.30. The zero-order valence-corrected chi connectivity index (χ0v) is 20.6. The van der Waals surface area contributed by atoms with E-state index in [-0.39, 0.29) is 30.4 Å². The average Bonchev–Trinajstić information content (AvgIpc) is 2.83. The van der Waals surface area contributed by atoms with Crippen LogP contribution in [-0.4, -0.2) is 56.8 Å². The summed E-state index contributed by atoms with van der Waals surface area (Å²) in [7, 11) is -3.62. The molecule has 0 aliphatic carbocycles. The lowest BCUT2D eigenvalue weighted by Crippen LogP contribution is -2.45. The lowest BCUT2D eigenvalue weighted by Gasteiger charge is -2.39. The van der Waals surface area contributed by atoms with Crippen molar-refractivity contribution in [3.05, 3.63) is 71.0 Å². The van der Waals surface area contributed by atoms with Gasteiger partial charge in [-0.1, -0.05) is 42.5 Å². The fourth-order valence-corrected chi connectivity index (χ4v) is 7.45. The maximum absolute atomic E-state index is 15.4. The number of ether oxygens (including phenoxy) is 1.